The van der Waals surface area contributed by atoms with Crippen LogP contribution in [-0.2, 0) is 10.0 Å². The van der Waals surface area contributed by atoms with E-state index in [9.17, 15) is 8.42 Å². The molecule has 20 heavy (non-hydrogen) atoms. The summed E-state index contributed by atoms with van der Waals surface area (Å²) in [6, 6.07) is -0.635. The number of rotatable bonds is 5. The monoisotopic (exact) mass is 299 g/mol. The minimum atomic E-state index is -3.72. The number of amidine groups is 1. The molecule has 5 N–H and O–H groups in total. The number of aromatic nitrogens is 2. The van der Waals surface area contributed by atoms with Crippen LogP contribution in [0.1, 0.15) is 37.9 Å². The zero-order valence-electron chi connectivity index (χ0n) is 11.5. The number of imidazole rings is 1. The molecule has 112 valence electrons. The van der Waals surface area contributed by atoms with E-state index in [1.165, 1.54) is 6.20 Å². The van der Waals surface area contributed by atoms with Gasteiger partial charge in [0.1, 0.15) is 11.7 Å². The molecule has 1 unspecified atom stereocenters. The van der Waals surface area contributed by atoms with Crippen LogP contribution < -0.4 is 10.5 Å². The summed E-state index contributed by atoms with van der Waals surface area (Å²) in [4.78, 5) is 6.58. The topological polar surface area (TPSA) is 125 Å². The maximum Gasteiger partial charge on any atom is 0.258 e. The van der Waals surface area contributed by atoms with Crippen LogP contribution in [0.3, 0.4) is 0 Å². The van der Waals surface area contributed by atoms with Crippen LogP contribution in [0.15, 0.2) is 11.2 Å². The summed E-state index contributed by atoms with van der Waals surface area (Å²) in [6.07, 6.45) is 6.34. The molecule has 0 saturated heterocycles. The van der Waals surface area contributed by atoms with Crippen LogP contribution in [0.2, 0.25) is 0 Å². The quantitative estimate of drug-likeness (QED) is 0.475. The Morgan fingerprint density at radius 2 is 2.15 bits per heavy atom. The number of nitrogens with zero attached hydrogens (tertiary/aromatic N) is 1. The number of nitrogens with one attached hydrogen (secondary N) is 3. The fourth-order valence-corrected chi connectivity index (χ4v) is 3.90. The van der Waals surface area contributed by atoms with Gasteiger partial charge in [0.05, 0.1) is 12.2 Å². The molecule has 1 aliphatic carbocycles. The predicted molar refractivity (Wildman–Crippen MR) is 75.9 cm³/mol. The summed E-state index contributed by atoms with van der Waals surface area (Å²) >= 11 is 0. The maximum absolute atomic E-state index is 12.3. The number of H-pyrrole nitrogens is 1. The second-order valence-electron chi connectivity index (χ2n) is 5.29. The zero-order valence-corrected chi connectivity index (χ0v) is 12.3. The Labute approximate surface area is 118 Å². The Kier molecular flexibility index (Phi) is 4.44. The summed E-state index contributed by atoms with van der Waals surface area (Å²) in [6.45, 7) is 1.68. The molecule has 8 heteroatoms. The van der Waals surface area contributed by atoms with Gasteiger partial charge in [-0.15, -0.1) is 0 Å². The van der Waals surface area contributed by atoms with Gasteiger partial charge < -0.3 is 10.7 Å². The van der Waals surface area contributed by atoms with E-state index in [1.54, 1.807) is 6.92 Å². The lowest BCUT2D eigenvalue weighted by Crippen LogP contribution is -2.49. The Balaban J connectivity index is 2.17. The standard InChI is InChI=1S/C12H21N5O2S/c1-8-15-7-10(16-8)20(18,19)17-11(12(13)14)9-5-3-2-4-6-9/h7,9,11,17H,2-6H2,1H3,(H3,13,14)(H,15,16). The summed E-state index contributed by atoms with van der Waals surface area (Å²) < 4.78 is 27.1. The van der Waals surface area contributed by atoms with Crippen molar-refractivity contribution in [1.82, 2.24) is 14.7 Å². The summed E-state index contributed by atoms with van der Waals surface area (Å²) in [5, 5.41) is 7.67. The Morgan fingerprint density at radius 1 is 1.50 bits per heavy atom. The lowest BCUT2D eigenvalue weighted by Gasteiger charge is -2.29. The average Bonchev–Trinajstić information content (AvgIpc) is 2.84. The Morgan fingerprint density at radius 3 is 2.65 bits per heavy atom. The van der Waals surface area contributed by atoms with Gasteiger partial charge in [-0.1, -0.05) is 19.3 Å². The van der Waals surface area contributed by atoms with Crippen molar-refractivity contribution in [2.75, 3.05) is 0 Å². The van der Waals surface area contributed by atoms with Gasteiger partial charge in [-0.25, -0.2) is 13.4 Å². The zero-order chi connectivity index (χ0) is 14.8. The van der Waals surface area contributed by atoms with E-state index in [1.807, 2.05) is 0 Å². The molecule has 7 nitrogen and oxygen atoms in total. The molecular formula is C12H21N5O2S. The predicted octanol–water partition coefficient (Wildman–Crippen LogP) is 0.881. The van der Waals surface area contributed by atoms with Crippen molar-refractivity contribution in [1.29, 1.82) is 5.41 Å². The maximum atomic E-state index is 12.3. The van der Waals surface area contributed by atoms with Gasteiger partial charge in [0.25, 0.3) is 10.0 Å². The van der Waals surface area contributed by atoms with Crippen molar-refractivity contribution in [2.24, 2.45) is 11.7 Å². The third-order valence-corrected chi connectivity index (χ3v) is 5.06. The normalized spacial score (nSPS) is 18.9. The van der Waals surface area contributed by atoms with Gasteiger partial charge in [-0.05, 0) is 25.7 Å². The molecule has 0 aliphatic heterocycles. The van der Waals surface area contributed by atoms with Gasteiger partial charge in [0.15, 0.2) is 5.03 Å². The molecular weight excluding hydrogens is 278 g/mol. The lowest BCUT2D eigenvalue weighted by molar-refractivity contribution is 0.328. The Hall–Kier alpha value is -1.41. The first-order valence-electron chi connectivity index (χ1n) is 6.78. The minimum Gasteiger partial charge on any atom is -0.386 e. The number of hydrogen-bond acceptors (Lipinski definition) is 4. The minimum absolute atomic E-state index is 0.0112. The number of aromatic amines is 1. The van der Waals surface area contributed by atoms with Gasteiger partial charge >= 0.3 is 0 Å². The SMILES string of the molecule is Cc1ncc(S(=O)(=O)NC(C(=N)N)C2CCCCC2)[nH]1. The molecule has 1 aromatic rings. The van der Waals surface area contributed by atoms with E-state index >= 15 is 0 Å². The number of nitrogens with two attached hydrogens (primary N) is 1. The molecule has 1 aliphatic rings. The highest BCUT2D eigenvalue weighted by molar-refractivity contribution is 7.89. The smallest absolute Gasteiger partial charge is 0.258 e. The van der Waals surface area contributed by atoms with Crippen molar-refractivity contribution in [3.8, 4) is 0 Å². The first kappa shape index (κ1) is 15.0. The fraction of sp³-hybridized carbons (Fsp3) is 0.667. The second kappa shape index (κ2) is 5.92. The fourth-order valence-electron chi connectivity index (χ4n) is 2.65. The number of hydrogen-bond donors (Lipinski definition) is 4. The molecule has 0 amide bonds. The molecule has 0 aromatic carbocycles. The number of sulfonamides is 1. The third-order valence-electron chi connectivity index (χ3n) is 3.71. The molecule has 0 radical (unpaired) electrons. The van der Waals surface area contributed by atoms with Crippen LogP contribution in [0, 0.1) is 18.3 Å². The van der Waals surface area contributed by atoms with Crippen molar-refractivity contribution in [3.63, 3.8) is 0 Å². The first-order chi connectivity index (χ1) is 9.40. The highest BCUT2D eigenvalue weighted by atomic mass is 32.2. The van der Waals surface area contributed by atoms with E-state index in [-0.39, 0.29) is 16.8 Å². The van der Waals surface area contributed by atoms with E-state index in [0.717, 1.165) is 32.1 Å². The van der Waals surface area contributed by atoms with Crippen LogP contribution in [0.5, 0.6) is 0 Å². The molecule has 0 bridgehead atoms. The molecule has 1 heterocycles. The molecule has 0 spiro atoms. The molecule has 2 rings (SSSR count). The van der Waals surface area contributed by atoms with Crippen LogP contribution in [0.4, 0.5) is 0 Å². The van der Waals surface area contributed by atoms with Crippen LogP contribution in [-0.4, -0.2) is 30.3 Å². The molecule has 1 saturated carbocycles. The Bertz CT molecular complexity index is 574. The molecule has 1 aromatic heterocycles. The number of aryl methyl sites for hydroxylation is 1. The van der Waals surface area contributed by atoms with Crippen molar-refractivity contribution in [2.45, 2.75) is 50.1 Å². The van der Waals surface area contributed by atoms with Crippen LogP contribution >= 0.6 is 0 Å². The highest BCUT2D eigenvalue weighted by Gasteiger charge is 2.31. The summed E-state index contributed by atoms with van der Waals surface area (Å²) in [5.41, 5.74) is 5.59. The van der Waals surface area contributed by atoms with Gasteiger partial charge in [0.2, 0.25) is 0 Å². The van der Waals surface area contributed by atoms with E-state index in [2.05, 4.69) is 14.7 Å². The second-order valence-corrected chi connectivity index (χ2v) is 6.97. The third kappa shape index (κ3) is 3.37. The first-order valence-corrected chi connectivity index (χ1v) is 8.26. The lowest BCUT2D eigenvalue weighted by atomic mass is 9.84. The van der Waals surface area contributed by atoms with Gasteiger partial charge in [-0.3, -0.25) is 5.41 Å². The van der Waals surface area contributed by atoms with Crippen molar-refractivity contribution < 1.29 is 8.42 Å². The van der Waals surface area contributed by atoms with E-state index < -0.39 is 16.1 Å². The summed E-state index contributed by atoms with van der Waals surface area (Å²) in [7, 11) is -3.72. The molecule has 1 fully saturated rings. The van der Waals surface area contributed by atoms with Gasteiger partial charge in [-0.2, -0.15) is 4.72 Å². The largest absolute Gasteiger partial charge is 0.386 e. The van der Waals surface area contributed by atoms with Crippen molar-refractivity contribution in [3.05, 3.63) is 12.0 Å². The van der Waals surface area contributed by atoms with Gasteiger partial charge in [0, 0.05) is 0 Å². The highest BCUT2D eigenvalue weighted by Crippen LogP contribution is 2.27. The van der Waals surface area contributed by atoms with E-state index in [0.29, 0.717) is 5.82 Å². The van der Waals surface area contributed by atoms with E-state index in [4.69, 9.17) is 11.1 Å². The average molecular weight is 299 g/mol. The summed E-state index contributed by atoms with van der Waals surface area (Å²) in [5.74, 6) is 0.499. The van der Waals surface area contributed by atoms with Crippen molar-refractivity contribution >= 4 is 15.9 Å². The molecule has 1 atom stereocenters. The van der Waals surface area contributed by atoms with Crippen LogP contribution in [0.25, 0.3) is 0 Å².